The van der Waals surface area contributed by atoms with E-state index in [4.69, 9.17) is 14.5 Å². The molecule has 26 heavy (non-hydrogen) atoms. The lowest BCUT2D eigenvalue weighted by molar-refractivity contribution is -0.150. The second-order valence-corrected chi connectivity index (χ2v) is 6.76. The zero-order valence-electron chi connectivity index (χ0n) is 15.2. The Bertz CT molecular complexity index is 959. The molecule has 0 bridgehead atoms. The van der Waals surface area contributed by atoms with Crippen LogP contribution in [-0.4, -0.2) is 33.7 Å². The number of ether oxygens (including phenoxy) is 2. The number of benzene rings is 1. The van der Waals surface area contributed by atoms with E-state index in [1.54, 1.807) is 6.20 Å². The lowest BCUT2D eigenvalue weighted by atomic mass is 10.1. The van der Waals surface area contributed by atoms with Gasteiger partial charge in [-0.3, -0.25) is 9.78 Å². The first-order valence-corrected chi connectivity index (χ1v) is 9.16. The van der Waals surface area contributed by atoms with Gasteiger partial charge in [-0.2, -0.15) is 0 Å². The van der Waals surface area contributed by atoms with Gasteiger partial charge < -0.3 is 14.0 Å². The third-order valence-corrected chi connectivity index (χ3v) is 5.02. The Morgan fingerprint density at radius 1 is 1.19 bits per heavy atom. The van der Waals surface area contributed by atoms with Gasteiger partial charge in [-0.25, -0.2) is 4.98 Å². The molecule has 0 N–H and O–H groups in total. The normalized spacial score (nSPS) is 15.5. The standard InChI is InChI=1S/C20H23N3O3/c1-3-25-12-17-22-16-11-21-15-8-6-5-7-14(15)18(16)23(17)13-20(9-10-20)19(24)26-4-2/h5-8,11H,3-4,9-10,12-13H2,1-2H3. The number of imidazole rings is 1. The minimum atomic E-state index is -0.436. The van der Waals surface area contributed by atoms with Crippen LogP contribution in [0.4, 0.5) is 0 Å². The van der Waals surface area contributed by atoms with Gasteiger partial charge in [0.15, 0.2) is 0 Å². The first-order chi connectivity index (χ1) is 12.7. The average molecular weight is 353 g/mol. The van der Waals surface area contributed by atoms with Crippen molar-refractivity contribution in [2.75, 3.05) is 13.2 Å². The Kier molecular flexibility index (Phi) is 4.36. The highest BCUT2D eigenvalue weighted by Crippen LogP contribution is 2.49. The highest BCUT2D eigenvalue weighted by atomic mass is 16.5. The molecule has 136 valence electrons. The van der Waals surface area contributed by atoms with Gasteiger partial charge in [0.25, 0.3) is 0 Å². The van der Waals surface area contributed by atoms with Crippen molar-refractivity contribution in [1.29, 1.82) is 0 Å². The molecule has 1 aliphatic rings. The van der Waals surface area contributed by atoms with Crippen LogP contribution in [0.2, 0.25) is 0 Å². The fraction of sp³-hybridized carbons (Fsp3) is 0.450. The first-order valence-electron chi connectivity index (χ1n) is 9.16. The molecule has 0 amide bonds. The molecule has 1 aromatic carbocycles. The molecule has 0 saturated heterocycles. The number of fused-ring (bicyclic) bond motifs is 3. The predicted octanol–water partition coefficient (Wildman–Crippen LogP) is 3.46. The Hall–Kier alpha value is -2.47. The van der Waals surface area contributed by atoms with Crippen molar-refractivity contribution in [1.82, 2.24) is 14.5 Å². The van der Waals surface area contributed by atoms with Crippen LogP contribution in [0.1, 0.15) is 32.5 Å². The fourth-order valence-corrected chi connectivity index (χ4v) is 3.45. The van der Waals surface area contributed by atoms with Gasteiger partial charge in [0, 0.05) is 18.5 Å². The highest BCUT2D eigenvalue weighted by Gasteiger charge is 2.52. The van der Waals surface area contributed by atoms with Crippen molar-refractivity contribution in [3.8, 4) is 0 Å². The van der Waals surface area contributed by atoms with Crippen molar-refractivity contribution < 1.29 is 14.3 Å². The van der Waals surface area contributed by atoms with Crippen molar-refractivity contribution in [2.45, 2.75) is 39.8 Å². The third-order valence-electron chi connectivity index (χ3n) is 5.02. The molecule has 0 aliphatic heterocycles. The van der Waals surface area contributed by atoms with E-state index in [-0.39, 0.29) is 5.97 Å². The van der Waals surface area contributed by atoms with E-state index in [1.807, 2.05) is 32.0 Å². The minimum Gasteiger partial charge on any atom is -0.466 e. The Labute approximate surface area is 152 Å². The number of carbonyl (C=O) groups is 1. The molecule has 3 aromatic rings. The highest BCUT2D eigenvalue weighted by molar-refractivity contribution is 6.02. The molecule has 0 radical (unpaired) electrons. The maximum atomic E-state index is 12.5. The van der Waals surface area contributed by atoms with Crippen LogP contribution >= 0.6 is 0 Å². The van der Waals surface area contributed by atoms with Crippen LogP contribution < -0.4 is 0 Å². The molecule has 0 unspecified atom stereocenters. The maximum Gasteiger partial charge on any atom is 0.313 e. The van der Waals surface area contributed by atoms with E-state index in [0.717, 1.165) is 40.6 Å². The lowest BCUT2D eigenvalue weighted by Crippen LogP contribution is -2.25. The number of nitrogens with zero attached hydrogens (tertiary/aromatic N) is 3. The van der Waals surface area contributed by atoms with Gasteiger partial charge in [-0.05, 0) is 32.8 Å². The molecule has 0 atom stereocenters. The monoisotopic (exact) mass is 353 g/mol. The van der Waals surface area contributed by atoms with Crippen LogP contribution in [0.25, 0.3) is 21.9 Å². The van der Waals surface area contributed by atoms with E-state index in [0.29, 0.717) is 26.4 Å². The summed E-state index contributed by atoms with van der Waals surface area (Å²) in [6.45, 7) is 5.82. The van der Waals surface area contributed by atoms with Crippen LogP contribution in [0.3, 0.4) is 0 Å². The van der Waals surface area contributed by atoms with Gasteiger partial charge in [0.2, 0.25) is 0 Å². The molecule has 1 fully saturated rings. The molecule has 2 heterocycles. The number of aromatic nitrogens is 3. The van der Waals surface area contributed by atoms with Crippen LogP contribution in [0, 0.1) is 5.41 Å². The molecule has 6 nitrogen and oxygen atoms in total. The Balaban J connectivity index is 1.84. The molecular formula is C20H23N3O3. The van der Waals surface area contributed by atoms with Crippen molar-refractivity contribution in [3.05, 3.63) is 36.3 Å². The average Bonchev–Trinajstić information content (AvgIpc) is 3.36. The van der Waals surface area contributed by atoms with Gasteiger partial charge in [0.05, 0.1) is 29.3 Å². The summed E-state index contributed by atoms with van der Waals surface area (Å²) in [7, 11) is 0. The van der Waals surface area contributed by atoms with Gasteiger partial charge in [0.1, 0.15) is 17.9 Å². The molecular weight excluding hydrogens is 330 g/mol. The second kappa shape index (κ2) is 6.68. The van der Waals surface area contributed by atoms with E-state index < -0.39 is 5.41 Å². The van der Waals surface area contributed by atoms with Gasteiger partial charge in [-0.1, -0.05) is 18.2 Å². The third kappa shape index (κ3) is 2.84. The van der Waals surface area contributed by atoms with Crippen LogP contribution in [0.5, 0.6) is 0 Å². The number of carbonyl (C=O) groups excluding carboxylic acids is 1. The van der Waals surface area contributed by atoms with Crippen LogP contribution in [0.15, 0.2) is 30.5 Å². The number of hydrogen-bond acceptors (Lipinski definition) is 5. The summed E-state index contributed by atoms with van der Waals surface area (Å²) in [5.74, 6) is 0.721. The van der Waals surface area contributed by atoms with Crippen molar-refractivity contribution in [3.63, 3.8) is 0 Å². The van der Waals surface area contributed by atoms with E-state index in [2.05, 4.69) is 15.6 Å². The molecule has 2 aromatic heterocycles. The topological polar surface area (TPSA) is 66.2 Å². The van der Waals surface area contributed by atoms with E-state index in [9.17, 15) is 4.79 Å². The zero-order chi connectivity index (χ0) is 18.1. The zero-order valence-corrected chi connectivity index (χ0v) is 15.2. The largest absolute Gasteiger partial charge is 0.466 e. The number of esters is 1. The SMILES string of the molecule is CCOCc1nc2cnc3ccccc3c2n1CC1(C(=O)OCC)CC1. The first kappa shape index (κ1) is 17.0. The van der Waals surface area contributed by atoms with Gasteiger partial charge >= 0.3 is 5.97 Å². The molecule has 1 saturated carbocycles. The summed E-state index contributed by atoms with van der Waals surface area (Å²) in [5, 5.41) is 1.04. The van der Waals surface area contributed by atoms with Crippen molar-refractivity contribution in [2.24, 2.45) is 5.41 Å². The molecule has 4 rings (SSSR count). The van der Waals surface area contributed by atoms with E-state index in [1.165, 1.54) is 0 Å². The number of hydrogen-bond donors (Lipinski definition) is 0. The summed E-state index contributed by atoms with van der Waals surface area (Å²) in [5.41, 5.74) is 2.33. The summed E-state index contributed by atoms with van der Waals surface area (Å²) in [6, 6.07) is 8.02. The molecule has 1 aliphatic carbocycles. The lowest BCUT2D eigenvalue weighted by Gasteiger charge is -2.17. The van der Waals surface area contributed by atoms with Gasteiger partial charge in [-0.15, -0.1) is 0 Å². The quantitative estimate of drug-likeness (QED) is 0.609. The molecule has 6 heteroatoms. The Morgan fingerprint density at radius 2 is 2.00 bits per heavy atom. The Morgan fingerprint density at radius 3 is 2.73 bits per heavy atom. The second-order valence-electron chi connectivity index (χ2n) is 6.76. The number of para-hydroxylation sites is 1. The smallest absolute Gasteiger partial charge is 0.313 e. The number of rotatable bonds is 7. The molecule has 0 spiro atoms. The predicted molar refractivity (Wildman–Crippen MR) is 98.7 cm³/mol. The summed E-state index contributed by atoms with van der Waals surface area (Å²) < 4.78 is 13.1. The summed E-state index contributed by atoms with van der Waals surface area (Å²) in [4.78, 5) is 21.7. The number of pyridine rings is 1. The maximum absolute atomic E-state index is 12.5. The minimum absolute atomic E-state index is 0.109. The van der Waals surface area contributed by atoms with Crippen LogP contribution in [-0.2, 0) is 27.4 Å². The van der Waals surface area contributed by atoms with E-state index >= 15 is 0 Å². The van der Waals surface area contributed by atoms with Crippen molar-refractivity contribution >= 4 is 27.9 Å². The summed E-state index contributed by atoms with van der Waals surface area (Å²) in [6.07, 6.45) is 3.50. The fourth-order valence-electron chi connectivity index (χ4n) is 3.45. The summed E-state index contributed by atoms with van der Waals surface area (Å²) >= 11 is 0.